The van der Waals surface area contributed by atoms with Gasteiger partial charge in [-0.1, -0.05) is 6.58 Å². The van der Waals surface area contributed by atoms with Gasteiger partial charge < -0.3 is 26.2 Å². The van der Waals surface area contributed by atoms with E-state index in [4.69, 9.17) is 39.6 Å². The normalized spacial score (nSPS) is 5.89. The summed E-state index contributed by atoms with van der Waals surface area (Å²) < 4.78 is 0. The molecule has 0 aromatic heterocycles. The molecule has 0 bridgehead atoms. The van der Waals surface area contributed by atoms with Gasteiger partial charge in [0.2, 0.25) is 0 Å². The Kier molecular flexibility index (Phi) is 46.5. The van der Waals surface area contributed by atoms with Crippen molar-refractivity contribution in [1.29, 1.82) is 0 Å². The standard InChI is InChI=1S/C2H5N.4C2H4O2/c1-2-3;4*1-2(3)4/h2H,1,3H2;4*1H3,(H,3,4). The second kappa shape index (κ2) is 29.5. The van der Waals surface area contributed by atoms with Crippen LogP contribution in [0.15, 0.2) is 12.8 Å². The minimum Gasteiger partial charge on any atom is -0.481 e. The number of rotatable bonds is 0. The zero-order valence-corrected chi connectivity index (χ0v) is 11.3. The van der Waals surface area contributed by atoms with E-state index in [0.29, 0.717) is 0 Å². The Morgan fingerprint density at radius 3 is 0.737 bits per heavy atom. The number of hydrogen-bond donors (Lipinski definition) is 5. The van der Waals surface area contributed by atoms with Crippen molar-refractivity contribution in [3.05, 3.63) is 12.8 Å². The van der Waals surface area contributed by atoms with E-state index in [-0.39, 0.29) is 0 Å². The smallest absolute Gasteiger partial charge is 0.300 e. The lowest BCUT2D eigenvalue weighted by Gasteiger charge is -1.59. The molecule has 19 heavy (non-hydrogen) atoms. The van der Waals surface area contributed by atoms with Gasteiger partial charge in [0.05, 0.1) is 0 Å². The van der Waals surface area contributed by atoms with Gasteiger partial charge in [0, 0.05) is 27.7 Å². The number of aliphatic carboxylic acids is 4. The molecular weight excluding hydrogens is 262 g/mol. The van der Waals surface area contributed by atoms with E-state index in [1.54, 1.807) is 0 Å². The van der Waals surface area contributed by atoms with Crippen molar-refractivity contribution in [3.63, 3.8) is 0 Å². The van der Waals surface area contributed by atoms with Crippen LogP contribution < -0.4 is 5.73 Å². The lowest BCUT2D eigenvalue weighted by molar-refractivity contribution is -0.135. The topological polar surface area (TPSA) is 175 Å². The first-order valence-corrected chi connectivity index (χ1v) is 4.45. The van der Waals surface area contributed by atoms with Crippen molar-refractivity contribution >= 4 is 23.9 Å². The van der Waals surface area contributed by atoms with Crippen LogP contribution >= 0.6 is 0 Å². The summed E-state index contributed by atoms with van der Waals surface area (Å²) in [6.45, 7) is 7.47. The Bertz CT molecular complexity index is 198. The van der Waals surface area contributed by atoms with Crippen molar-refractivity contribution in [3.8, 4) is 0 Å². The fourth-order valence-electron chi connectivity index (χ4n) is 0. The quantitative estimate of drug-likeness (QED) is 0.422. The molecule has 0 rings (SSSR count). The van der Waals surface area contributed by atoms with Crippen LogP contribution in [-0.2, 0) is 19.2 Å². The molecule has 6 N–H and O–H groups in total. The lowest BCUT2D eigenvalue weighted by atomic mass is 10.9. The zero-order chi connectivity index (χ0) is 17.0. The molecule has 114 valence electrons. The van der Waals surface area contributed by atoms with E-state index in [1.807, 2.05) is 0 Å². The van der Waals surface area contributed by atoms with Gasteiger partial charge in [-0.2, -0.15) is 0 Å². The average Bonchev–Trinajstić information content (AvgIpc) is 1.97. The molecular formula is C10H21NO8. The zero-order valence-electron chi connectivity index (χ0n) is 11.3. The monoisotopic (exact) mass is 283 g/mol. The van der Waals surface area contributed by atoms with Crippen molar-refractivity contribution in [2.75, 3.05) is 0 Å². The number of carboxylic acid groups (broad SMARTS) is 4. The molecule has 9 heteroatoms. The third kappa shape index (κ3) is 417. The second-order valence-corrected chi connectivity index (χ2v) is 2.31. The van der Waals surface area contributed by atoms with Crippen LogP contribution in [0.1, 0.15) is 27.7 Å². The van der Waals surface area contributed by atoms with Gasteiger partial charge in [-0.25, -0.2) is 0 Å². The van der Waals surface area contributed by atoms with E-state index in [0.717, 1.165) is 27.7 Å². The fourth-order valence-corrected chi connectivity index (χ4v) is 0. The third-order valence-electron chi connectivity index (χ3n) is 0. The first-order valence-electron chi connectivity index (χ1n) is 4.45. The molecule has 0 aromatic rings. The number of carbonyl (C=O) groups is 4. The van der Waals surface area contributed by atoms with Crippen LogP contribution in [0.3, 0.4) is 0 Å². The molecule has 0 spiro atoms. The fraction of sp³-hybridized carbons (Fsp3) is 0.400. The van der Waals surface area contributed by atoms with Gasteiger partial charge in [0.25, 0.3) is 23.9 Å². The minimum atomic E-state index is -0.833. The van der Waals surface area contributed by atoms with Crippen molar-refractivity contribution in [2.24, 2.45) is 5.73 Å². The first kappa shape index (κ1) is 29.9. The number of nitrogens with two attached hydrogens (primary N) is 1. The molecule has 9 nitrogen and oxygen atoms in total. The summed E-state index contributed by atoms with van der Waals surface area (Å²) >= 11 is 0. The van der Waals surface area contributed by atoms with E-state index >= 15 is 0 Å². The summed E-state index contributed by atoms with van der Waals surface area (Å²) in [5, 5.41) is 29.7. The maximum Gasteiger partial charge on any atom is 0.300 e. The van der Waals surface area contributed by atoms with Gasteiger partial charge in [0.15, 0.2) is 0 Å². The molecule has 0 heterocycles. The predicted octanol–water partition coefficient (Wildman–Crippen LogP) is 0.452. The van der Waals surface area contributed by atoms with Crippen LogP contribution in [0.4, 0.5) is 0 Å². The highest BCUT2D eigenvalue weighted by molar-refractivity contribution is 5.63. The highest BCUT2D eigenvalue weighted by atomic mass is 16.4. The Morgan fingerprint density at radius 2 is 0.737 bits per heavy atom. The molecule has 0 aliphatic carbocycles. The molecule has 0 radical (unpaired) electrons. The number of hydrogen-bond acceptors (Lipinski definition) is 5. The second-order valence-electron chi connectivity index (χ2n) is 2.31. The molecule has 0 saturated carbocycles. The van der Waals surface area contributed by atoms with Gasteiger partial charge in [-0.05, 0) is 6.20 Å². The summed E-state index contributed by atoms with van der Waals surface area (Å²) in [7, 11) is 0. The average molecular weight is 283 g/mol. The lowest BCUT2D eigenvalue weighted by Crippen LogP contribution is -1.78. The Labute approximate surface area is 111 Å². The first-order chi connectivity index (χ1) is 8.34. The van der Waals surface area contributed by atoms with Crippen LogP contribution in [-0.4, -0.2) is 44.3 Å². The van der Waals surface area contributed by atoms with Crippen LogP contribution in [0.5, 0.6) is 0 Å². The van der Waals surface area contributed by atoms with E-state index in [1.165, 1.54) is 6.20 Å². The molecule has 0 aromatic carbocycles. The van der Waals surface area contributed by atoms with Crippen LogP contribution in [0.25, 0.3) is 0 Å². The van der Waals surface area contributed by atoms with Crippen molar-refractivity contribution in [2.45, 2.75) is 27.7 Å². The molecule has 0 aliphatic heterocycles. The minimum absolute atomic E-state index is 0.833. The Morgan fingerprint density at radius 1 is 0.737 bits per heavy atom. The molecule has 0 amide bonds. The summed E-state index contributed by atoms with van der Waals surface area (Å²) in [5.41, 5.74) is 4.61. The van der Waals surface area contributed by atoms with Gasteiger partial charge in [0.1, 0.15) is 0 Å². The summed E-state index contributed by atoms with van der Waals surface area (Å²) in [6.07, 6.45) is 1.25. The molecule has 0 fully saturated rings. The van der Waals surface area contributed by atoms with Gasteiger partial charge in [-0.15, -0.1) is 0 Å². The van der Waals surface area contributed by atoms with Crippen LogP contribution in [0, 0.1) is 0 Å². The molecule has 0 atom stereocenters. The maximum atomic E-state index is 9.00. The Balaban J connectivity index is -0.0000000432. The largest absolute Gasteiger partial charge is 0.481 e. The maximum absolute atomic E-state index is 9.00. The van der Waals surface area contributed by atoms with Crippen LogP contribution in [0.2, 0.25) is 0 Å². The van der Waals surface area contributed by atoms with Crippen molar-refractivity contribution < 1.29 is 39.6 Å². The van der Waals surface area contributed by atoms with E-state index in [9.17, 15) is 0 Å². The third-order valence-corrected chi connectivity index (χ3v) is 0. The molecule has 0 aliphatic rings. The summed E-state index contributed by atoms with van der Waals surface area (Å²) in [4.78, 5) is 36.0. The van der Waals surface area contributed by atoms with Gasteiger partial charge in [-0.3, -0.25) is 19.2 Å². The highest BCUT2D eigenvalue weighted by Gasteiger charge is 1.66. The van der Waals surface area contributed by atoms with E-state index < -0.39 is 23.9 Å². The predicted molar refractivity (Wildman–Crippen MR) is 67.6 cm³/mol. The Hall–Kier alpha value is -2.58. The molecule has 0 saturated heterocycles. The van der Waals surface area contributed by atoms with Gasteiger partial charge >= 0.3 is 0 Å². The number of carboxylic acids is 4. The summed E-state index contributed by atoms with van der Waals surface area (Å²) in [5.74, 6) is -3.33. The molecule has 0 unspecified atom stereocenters. The summed E-state index contributed by atoms with van der Waals surface area (Å²) in [6, 6.07) is 0. The van der Waals surface area contributed by atoms with Crippen molar-refractivity contribution in [1.82, 2.24) is 0 Å². The highest BCUT2D eigenvalue weighted by Crippen LogP contribution is 1.43. The SMILES string of the molecule is C=CN.CC(=O)O.CC(=O)O.CC(=O)O.CC(=O)O. The van der Waals surface area contributed by atoms with E-state index in [2.05, 4.69) is 12.3 Å².